The smallest absolute Gasteiger partial charge is 0.134 e. The topological polar surface area (TPSA) is 37.8 Å². The van der Waals surface area contributed by atoms with E-state index in [1.165, 1.54) is 11.1 Å². The first kappa shape index (κ1) is 14.3. The Kier molecular flexibility index (Phi) is 3.88. The summed E-state index contributed by atoms with van der Waals surface area (Å²) in [6, 6.07) is 18.5. The molecule has 22 heavy (non-hydrogen) atoms. The minimum Gasteiger partial charge on any atom is -0.340 e. The number of anilines is 2. The van der Waals surface area contributed by atoms with Gasteiger partial charge in [0.2, 0.25) is 0 Å². The molecule has 0 aliphatic rings. The van der Waals surface area contributed by atoms with Gasteiger partial charge in [0.1, 0.15) is 11.6 Å². The molecule has 0 aliphatic carbocycles. The largest absolute Gasteiger partial charge is 0.340 e. The molecular formula is C19H19N3. The van der Waals surface area contributed by atoms with Crippen LogP contribution in [0.5, 0.6) is 0 Å². The molecule has 0 fully saturated rings. The van der Waals surface area contributed by atoms with Gasteiger partial charge in [-0.05, 0) is 44.0 Å². The van der Waals surface area contributed by atoms with Crippen LogP contribution in [-0.4, -0.2) is 9.97 Å². The van der Waals surface area contributed by atoms with E-state index in [0.717, 1.165) is 28.6 Å². The molecule has 0 spiro atoms. The first-order valence-corrected chi connectivity index (χ1v) is 7.36. The summed E-state index contributed by atoms with van der Waals surface area (Å²) < 4.78 is 0. The van der Waals surface area contributed by atoms with Gasteiger partial charge in [-0.15, -0.1) is 0 Å². The monoisotopic (exact) mass is 289 g/mol. The summed E-state index contributed by atoms with van der Waals surface area (Å²) in [5.41, 5.74) is 5.54. The SMILES string of the molecule is Cc1cc(C)cc(Nc2cc(-c3ccccc3)nc(C)n2)c1. The number of nitrogens with one attached hydrogen (secondary N) is 1. The van der Waals surface area contributed by atoms with Gasteiger partial charge in [-0.1, -0.05) is 36.4 Å². The van der Waals surface area contributed by atoms with E-state index in [1.54, 1.807) is 0 Å². The Morgan fingerprint density at radius 1 is 0.773 bits per heavy atom. The summed E-state index contributed by atoms with van der Waals surface area (Å²) in [6.45, 7) is 6.11. The Balaban J connectivity index is 1.96. The summed E-state index contributed by atoms with van der Waals surface area (Å²) in [4.78, 5) is 9.02. The van der Waals surface area contributed by atoms with Crippen LogP contribution in [0.3, 0.4) is 0 Å². The summed E-state index contributed by atoms with van der Waals surface area (Å²) in [5, 5.41) is 3.39. The molecule has 110 valence electrons. The second-order valence-corrected chi connectivity index (χ2v) is 5.55. The highest BCUT2D eigenvalue weighted by Crippen LogP contribution is 2.23. The lowest BCUT2D eigenvalue weighted by Gasteiger charge is -2.10. The first-order chi connectivity index (χ1) is 10.6. The maximum Gasteiger partial charge on any atom is 0.134 e. The highest BCUT2D eigenvalue weighted by Gasteiger charge is 2.05. The maximum atomic E-state index is 4.53. The summed E-state index contributed by atoms with van der Waals surface area (Å²) in [7, 11) is 0. The van der Waals surface area contributed by atoms with E-state index in [-0.39, 0.29) is 0 Å². The molecule has 0 atom stereocenters. The highest BCUT2D eigenvalue weighted by atomic mass is 15.0. The molecule has 1 N–H and O–H groups in total. The van der Waals surface area contributed by atoms with E-state index in [4.69, 9.17) is 0 Å². The summed E-state index contributed by atoms with van der Waals surface area (Å²) in [6.07, 6.45) is 0. The van der Waals surface area contributed by atoms with Crippen molar-refractivity contribution >= 4 is 11.5 Å². The van der Waals surface area contributed by atoms with Crippen molar-refractivity contribution in [2.24, 2.45) is 0 Å². The maximum absolute atomic E-state index is 4.53. The van der Waals surface area contributed by atoms with Gasteiger partial charge in [-0.2, -0.15) is 0 Å². The predicted octanol–water partition coefficient (Wildman–Crippen LogP) is 4.81. The van der Waals surface area contributed by atoms with Crippen molar-refractivity contribution < 1.29 is 0 Å². The minimum absolute atomic E-state index is 0.758. The Hall–Kier alpha value is -2.68. The van der Waals surface area contributed by atoms with Crippen LogP contribution in [0.4, 0.5) is 11.5 Å². The molecule has 1 heterocycles. The van der Waals surface area contributed by atoms with Crippen molar-refractivity contribution in [3.8, 4) is 11.3 Å². The Morgan fingerprint density at radius 3 is 2.14 bits per heavy atom. The Bertz CT molecular complexity index is 775. The van der Waals surface area contributed by atoms with Crippen molar-refractivity contribution in [2.75, 3.05) is 5.32 Å². The van der Waals surface area contributed by atoms with Gasteiger partial charge in [0.15, 0.2) is 0 Å². The fourth-order valence-corrected chi connectivity index (χ4v) is 2.58. The molecule has 2 aromatic carbocycles. The van der Waals surface area contributed by atoms with Gasteiger partial charge < -0.3 is 5.32 Å². The van der Waals surface area contributed by atoms with E-state index in [0.29, 0.717) is 0 Å². The lowest BCUT2D eigenvalue weighted by atomic mass is 10.1. The van der Waals surface area contributed by atoms with Crippen molar-refractivity contribution in [1.82, 2.24) is 9.97 Å². The average molecular weight is 289 g/mol. The van der Waals surface area contributed by atoms with Crippen LogP contribution >= 0.6 is 0 Å². The third-order valence-corrected chi connectivity index (χ3v) is 3.40. The van der Waals surface area contributed by atoms with E-state index in [9.17, 15) is 0 Å². The first-order valence-electron chi connectivity index (χ1n) is 7.36. The molecule has 0 saturated heterocycles. The molecule has 3 aromatic rings. The standard InChI is InChI=1S/C19H19N3/c1-13-9-14(2)11-17(10-13)22-19-12-18(20-15(3)21-19)16-7-5-4-6-8-16/h4-12H,1-3H3,(H,20,21,22). The number of hydrogen-bond acceptors (Lipinski definition) is 3. The summed E-state index contributed by atoms with van der Waals surface area (Å²) >= 11 is 0. The number of nitrogens with zero attached hydrogens (tertiary/aromatic N) is 2. The average Bonchev–Trinajstić information content (AvgIpc) is 2.46. The van der Waals surface area contributed by atoms with Gasteiger partial charge in [0.05, 0.1) is 5.69 Å². The normalized spacial score (nSPS) is 10.5. The van der Waals surface area contributed by atoms with Gasteiger partial charge >= 0.3 is 0 Å². The number of aryl methyl sites for hydroxylation is 3. The molecule has 3 nitrogen and oxygen atoms in total. The van der Waals surface area contributed by atoms with E-state index in [2.05, 4.69) is 59.5 Å². The molecule has 3 rings (SSSR count). The van der Waals surface area contributed by atoms with E-state index in [1.807, 2.05) is 31.2 Å². The van der Waals surface area contributed by atoms with Crippen molar-refractivity contribution in [2.45, 2.75) is 20.8 Å². The zero-order valence-corrected chi connectivity index (χ0v) is 13.1. The molecule has 3 heteroatoms. The number of benzene rings is 2. The molecule has 0 radical (unpaired) electrons. The van der Waals surface area contributed by atoms with Gasteiger partial charge in [-0.25, -0.2) is 9.97 Å². The zero-order valence-electron chi connectivity index (χ0n) is 13.1. The van der Waals surface area contributed by atoms with E-state index < -0.39 is 0 Å². The van der Waals surface area contributed by atoms with Gasteiger partial charge in [0.25, 0.3) is 0 Å². The van der Waals surface area contributed by atoms with Crippen LogP contribution in [0.2, 0.25) is 0 Å². The minimum atomic E-state index is 0.758. The Labute approximate surface area is 131 Å². The molecule has 0 unspecified atom stereocenters. The van der Waals surface area contributed by atoms with Crippen LogP contribution in [0.15, 0.2) is 54.6 Å². The fourth-order valence-electron chi connectivity index (χ4n) is 2.58. The van der Waals surface area contributed by atoms with Crippen LogP contribution < -0.4 is 5.32 Å². The van der Waals surface area contributed by atoms with E-state index >= 15 is 0 Å². The summed E-state index contributed by atoms with van der Waals surface area (Å²) in [5.74, 6) is 1.57. The van der Waals surface area contributed by atoms with Crippen molar-refractivity contribution in [1.29, 1.82) is 0 Å². The number of aromatic nitrogens is 2. The molecule has 0 amide bonds. The van der Waals surface area contributed by atoms with Gasteiger partial charge in [0, 0.05) is 17.3 Å². The quantitative estimate of drug-likeness (QED) is 0.751. The third-order valence-electron chi connectivity index (χ3n) is 3.40. The lowest BCUT2D eigenvalue weighted by molar-refractivity contribution is 1.06. The molecule has 1 aromatic heterocycles. The predicted molar refractivity (Wildman–Crippen MR) is 91.4 cm³/mol. The fraction of sp³-hybridized carbons (Fsp3) is 0.158. The van der Waals surface area contributed by atoms with Crippen LogP contribution in [0.25, 0.3) is 11.3 Å². The van der Waals surface area contributed by atoms with Crippen LogP contribution in [0.1, 0.15) is 17.0 Å². The zero-order chi connectivity index (χ0) is 15.5. The third kappa shape index (κ3) is 3.31. The van der Waals surface area contributed by atoms with Crippen LogP contribution in [0, 0.1) is 20.8 Å². The molecule has 0 aliphatic heterocycles. The highest BCUT2D eigenvalue weighted by molar-refractivity contribution is 5.66. The van der Waals surface area contributed by atoms with Crippen LogP contribution in [-0.2, 0) is 0 Å². The molecule has 0 bridgehead atoms. The molecule has 0 saturated carbocycles. The second-order valence-electron chi connectivity index (χ2n) is 5.55. The van der Waals surface area contributed by atoms with Crippen molar-refractivity contribution in [3.05, 3.63) is 71.5 Å². The lowest BCUT2D eigenvalue weighted by Crippen LogP contribution is -1.99. The van der Waals surface area contributed by atoms with Crippen molar-refractivity contribution in [3.63, 3.8) is 0 Å². The number of rotatable bonds is 3. The Morgan fingerprint density at radius 2 is 1.45 bits per heavy atom. The number of hydrogen-bond donors (Lipinski definition) is 1. The molecular weight excluding hydrogens is 270 g/mol. The second kappa shape index (κ2) is 5.98. The van der Waals surface area contributed by atoms with Gasteiger partial charge in [-0.3, -0.25) is 0 Å².